The third kappa shape index (κ3) is 1.93. The highest BCUT2D eigenvalue weighted by Crippen LogP contribution is 2.03. The van der Waals surface area contributed by atoms with Crippen LogP contribution in [0, 0.1) is 0 Å². The first-order chi connectivity index (χ1) is 4.29. The molecule has 0 bridgehead atoms. The summed E-state index contributed by atoms with van der Waals surface area (Å²) in [6, 6.07) is 0. The summed E-state index contributed by atoms with van der Waals surface area (Å²) in [5, 5.41) is 4.48. The number of amides is 2. The third-order valence-electron chi connectivity index (χ3n) is 0.849. The summed E-state index contributed by atoms with van der Waals surface area (Å²) < 4.78 is 0. The molecule has 2 N–H and O–H groups in total. The van der Waals surface area contributed by atoms with Gasteiger partial charge in [0.15, 0.2) is 0 Å². The molecule has 1 rings (SSSR count). The van der Waals surface area contributed by atoms with Crippen molar-refractivity contribution in [1.29, 1.82) is 0 Å². The van der Waals surface area contributed by atoms with Crippen molar-refractivity contribution in [2.75, 3.05) is 13.1 Å². The Morgan fingerprint density at radius 3 is 2.00 bits per heavy atom. The Kier molecular flexibility index (Phi) is 1.94. The van der Waals surface area contributed by atoms with Crippen LogP contribution in [0.3, 0.4) is 0 Å². The van der Waals surface area contributed by atoms with Gasteiger partial charge < -0.3 is 10.6 Å². The fourth-order valence-electron chi connectivity index (χ4n) is 0.485. The molecule has 0 radical (unpaired) electrons. The highest BCUT2D eigenvalue weighted by atomic mass is 32.2. The molecule has 0 aliphatic carbocycles. The molecule has 0 aromatic heterocycles. The predicted molar refractivity (Wildman–Crippen MR) is 34.4 cm³/mol. The number of thioether (sulfide) groups is 1. The molecule has 5 heteroatoms. The van der Waals surface area contributed by atoms with Crippen LogP contribution < -0.4 is 10.6 Å². The van der Waals surface area contributed by atoms with Gasteiger partial charge in [0.05, 0.1) is 0 Å². The quantitative estimate of drug-likeness (QED) is 0.511. The third-order valence-corrected chi connectivity index (χ3v) is 1.51. The summed E-state index contributed by atoms with van der Waals surface area (Å²) in [5.74, 6) is 0. The average molecular weight is 146 g/mol. The molecule has 1 heterocycles. The van der Waals surface area contributed by atoms with Gasteiger partial charge in [0, 0.05) is 24.9 Å². The number of hydrogen-bond acceptors (Lipinski definition) is 3. The Morgan fingerprint density at radius 2 is 1.56 bits per heavy atom. The van der Waals surface area contributed by atoms with E-state index in [1.165, 1.54) is 0 Å². The lowest BCUT2D eigenvalue weighted by Crippen LogP contribution is -2.24. The van der Waals surface area contributed by atoms with Gasteiger partial charge in [0.2, 0.25) is 0 Å². The molecule has 1 saturated heterocycles. The molecule has 50 valence electrons. The van der Waals surface area contributed by atoms with Crippen molar-refractivity contribution in [3.05, 3.63) is 0 Å². The smallest absolute Gasteiger partial charge is 0.288 e. The minimum atomic E-state index is -0.273. The van der Waals surface area contributed by atoms with Gasteiger partial charge >= 0.3 is 0 Å². The fourth-order valence-corrected chi connectivity index (χ4v) is 1.00. The zero-order valence-electron chi connectivity index (χ0n) is 4.64. The highest BCUT2D eigenvalue weighted by Gasteiger charge is 2.12. The van der Waals surface area contributed by atoms with E-state index < -0.39 is 0 Å². The maximum absolute atomic E-state index is 10.5. The van der Waals surface area contributed by atoms with E-state index in [0.717, 1.165) is 0 Å². The highest BCUT2D eigenvalue weighted by molar-refractivity contribution is 8.26. The van der Waals surface area contributed by atoms with Crippen LogP contribution in [0.4, 0.5) is 9.59 Å². The predicted octanol–water partition coefficient (Wildman–Crippen LogP) is 0.152. The Hall–Kier alpha value is -0.710. The van der Waals surface area contributed by atoms with Crippen molar-refractivity contribution < 1.29 is 9.59 Å². The lowest BCUT2D eigenvalue weighted by atomic mass is 10.6. The van der Waals surface area contributed by atoms with Crippen molar-refractivity contribution in [3.8, 4) is 0 Å². The molecule has 1 aliphatic heterocycles. The summed E-state index contributed by atoms with van der Waals surface area (Å²) in [4.78, 5) is 21.0. The zero-order valence-corrected chi connectivity index (χ0v) is 5.46. The lowest BCUT2D eigenvalue weighted by molar-refractivity contribution is 0.261. The molecule has 1 aliphatic rings. The van der Waals surface area contributed by atoms with Crippen LogP contribution in [0.1, 0.15) is 0 Å². The molecule has 9 heavy (non-hydrogen) atoms. The molecule has 0 aromatic rings. The van der Waals surface area contributed by atoms with Gasteiger partial charge in [-0.2, -0.15) is 0 Å². The molecule has 0 atom stereocenters. The van der Waals surface area contributed by atoms with Gasteiger partial charge in [-0.05, 0) is 0 Å². The topological polar surface area (TPSA) is 58.2 Å². The summed E-state index contributed by atoms with van der Waals surface area (Å²) in [6.45, 7) is 1.05. The molecular weight excluding hydrogens is 140 g/mol. The minimum Gasteiger partial charge on any atom is -0.345 e. The van der Waals surface area contributed by atoms with Crippen molar-refractivity contribution >= 4 is 22.2 Å². The number of carbonyl (C=O) groups excluding carboxylic acids is 2. The molecule has 4 nitrogen and oxygen atoms in total. The van der Waals surface area contributed by atoms with E-state index in [-0.39, 0.29) is 10.5 Å². The summed E-state index contributed by atoms with van der Waals surface area (Å²) in [6.07, 6.45) is 0. The second-order valence-corrected chi connectivity index (χ2v) is 2.48. The second kappa shape index (κ2) is 2.72. The standard InChI is InChI=1S/C4H6N2O2S/c7-3-5-1-2-6-4(8)9-3/h1-2H2,(H,5,7)(H,6,8). The van der Waals surface area contributed by atoms with Crippen LogP contribution in [0.5, 0.6) is 0 Å². The van der Waals surface area contributed by atoms with Gasteiger partial charge in [-0.1, -0.05) is 0 Å². The van der Waals surface area contributed by atoms with Gasteiger partial charge in [-0.25, -0.2) is 0 Å². The van der Waals surface area contributed by atoms with E-state index in [9.17, 15) is 9.59 Å². The molecule has 0 aromatic carbocycles. The summed E-state index contributed by atoms with van der Waals surface area (Å²) >= 11 is 0.662. The summed E-state index contributed by atoms with van der Waals surface area (Å²) in [5.41, 5.74) is 0. The van der Waals surface area contributed by atoms with Crippen molar-refractivity contribution in [3.63, 3.8) is 0 Å². The summed E-state index contributed by atoms with van der Waals surface area (Å²) in [7, 11) is 0. The maximum Gasteiger partial charge on any atom is 0.288 e. The molecule has 2 amide bonds. The zero-order chi connectivity index (χ0) is 6.69. The lowest BCUT2D eigenvalue weighted by Gasteiger charge is -1.92. The van der Waals surface area contributed by atoms with Crippen LogP contribution in [0.25, 0.3) is 0 Å². The Morgan fingerprint density at radius 1 is 1.11 bits per heavy atom. The van der Waals surface area contributed by atoms with E-state index in [0.29, 0.717) is 24.9 Å². The second-order valence-electron chi connectivity index (χ2n) is 1.53. The molecule has 0 spiro atoms. The van der Waals surface area contributed by atoms with Crippen LogP contribution in [-0.2, 0) is 0 Å². The molecule has 1 fully saturated rings. The number of hydrogen-bond donors (Lipinski definition) is 2. The van der Waals surface area contributed by atoms with E-state index >= 15 is 0 Å². The minimum absolute atomic E-state index is 0.273. The normalized spacial score (nSPS) is 20.0. The van der Waals surface area contributed by atoms with E-state index in [2.05, 4.69) is 10.6 Å². The maximum atomic E-state index is 10.5. The van der Waals surface area contributed by atoms with Gasteiger partial charge in [0.25, 0.3) is 10.5 Å². The monoisotopic (exact) mass is 146 g/mol. The number of rotatable bonds is 0. The first-order valence-electron chi connectivity index (χ1n) is 2.52. The van der Waals surface area contributed by atoms with Crippen LogP contribution in [-0.4, -0.2) is 23.6 Å². The largest absolute Gasteiger partial charge is 0.345 e. The van der Waals surface area contributed by atoms with Gasteiger partial charge in [0.1, 0.15) is 0 Å². The molecule has 0 unspecified atom stereocenters. The number of nitrogens with one attached hydrogen (secondary N) is 2. The van der Waals surface area contributed by atoms with Gasteiger partial charge in [-0.3, -0.25) is 9.59 Å². The van der Waals surface area contributed by atoms with E-state index in [4.69, 9.17) is 0 Å². The van der Waals surface area contributed by atoms with Crippen molar-refractivity contribution in [2.45, 2.75) is 0 Å². The average Bonchev–Trinajstić information content (AvgIpc) is 1.93. The van der Waals surface area contributed by atoms with E-state index in [1.54, 1.807) is 0 Å². The fraction of sp³-hybridized carbons (Fsp3) is 0.500. The Balaban J connectivity index is 2.47. The SMILES string of the molecule is O=C1NCCNC(=O)S1. The first kappa shape index (κ1) is 6.41. The Bertz CT molecular complexity index is 132. The molecule has 0 saturated carbocycles. The van der Waals surface area contributed by atoms with Crippen LogP contribution in [0.2, 0.25) is 0 Å². The van der Waals surface area contributed by atoms with Crippen LogP contribution in [0.15, 0.2) is 0 Å². The van der Waals surface area contributed by atoms with Gasteiger partial charge in [-0.15, -0.1) is 0 Å². The molecular formula is C4H6N2O2S. The van der Waals surface area contributed by atoms with E-state index in [1.807, 2.05) is 0 Å². The van der Waals surface area contributed by atoms with Crippen LogP contribution >= 0.6 is 11.8 Å². The Labute approximate surface area is 56.4 Å². The van der Waals surface area contributed by atoms with Crippen molar-refractivity contribution in [2.24, 2.45) is 0 Å². The number of carbonyl (C=O) groups is 2. The van der Waals surface area contributed by atoms with Crippen molar-refractivity contribution in [1.82, 2.24) is 10.6 Å². The first-order valence-corrected chi connectivity index (χ1v) is 3.34.